The molecule has 2 aromatic carbocycles. The largest absolute Gasteiger partial charge is 0.467 e. The lowest BCUT2D eigenvalue weighted by Gasteiger charge is -2.19. The molecule has 0 spiro atoms. The van der Waals surface area contributed by atoms with Gasteiger partial charge in [0.05, 0.1) is 32.7 Å². The van der Waals surface area contributed by atoms with Gasteiger partial charge in [-0.05, 0) is 56.3 Å². The van der Waals surface area contributed by atoms with Crippen molar-refractivity contribution < 1.29 is 17.6 Å². The second-order valence-corrected chi connectivity index (χ2v) is 11.1. The van der Waals surface area contributed by atoms with Crippen molar-refractivity contribution in [2.75, 3.05) is 4.90 Å². The fraction of sp³-hybridized carbons (Fsp3) is 0.182. The molecule has 0 bridgehead atoms. The molecule has 0 saturated carbocycles. The van der Waals surface area contributed by atoms with Gasteiger partial charge >= 0.3 is 0 Å². The number of furan rings is 1. The van der Waals surface area contributed by atoms with Crippen LogP contribution < -0.4 is 4.90 Å². The number of para-hydroxylation sites is 1. The van der Waals surface area contributed by atoms with Gasteiger partial charge in [-0.25, -0.2) is 13.4 Å². The molecule has 9 heteroatoms. The first kappa shape index (κ1) is 21.5. The number of benzene rings is 2. The number of sulfone groups is 1. The number of hydrogen-bond donors (Lipinski definition) is 0. The molecule has 0 aliphatic carbocycles. The molecule has 4 aromatic rings. The third-order valence-corrected chi connectivity index (χ3v) is 8.26. The summed E-state index contributed by atoms with van der Waals surface area (Å²) in [6.45, 7) is 3.36. The summed E-state index contributed by atoms with van der Waals surface area (Å²) in [6, 6.07) is 15.0. The summed E-state index contributed by atoms with van der Waals surface area (Å²) in [7, 11) is -3.52. The minimum atomic E-state index is -3.52. The van der Waals surface area contributed by atoms with Crippen LogP contribution in [0.15, 0.2) is 70.2 Å². The van der Waals surface area contributed by atoms with E-state index >= 15 is 0 Å². The Labute approximate surface area is 189 Å². The molecule has 1 amide bonds. The van der Waals surface area contributed by atoms with Crippen LogP contribution in [0.2, 0.25) is 5.02 Å². The number of amides is 1. The predicted molar refractivity (Wildman–Crippen MR) is 123 cm³/mol. The summed E-state index contributed by atoms with van der Waals surface area (Å²) < 4.78 is 31.5. The zero-order chi connectivity index (χ0) is 22.2. The van der Waals surface area contributed by atoms with Crippen LogP contribution in [-0.2, 0) is 16.4 Å². The monoisotopic (exact) mass is 474 g/mol. The molecule has 0 aliphatic heterocycles. The van der Waals surface area contributed by atoms with Crippen LogP contribution in [0.5, 0.6) is 0 Å². The summed E-state index contributed by atoms with van der Waals surface area (Å²) in [6.07, 6.45) is 1.53. The minimum Gasteiger partial charge on any atom is -0.467 e. The van der Waals surface area contributed by atoms with Gasteiger partial charge in [0.25, 0.3) is 5.91 Å². The first-order valence-electron chi connectivity index (χ1n) is 9.50. The van der Waals surface area contributed by atoms with E-state index < -0.39 is 15.1 Å². The van der Waals surface area contributed by atoms with E-state index in [4.69, 9.17) is 16.0 Å². The molecule has 2 heterocycles. The molecule has 6 nitrogen and oxygen atoms in total. The Bertz CT molecular complexity index is 1350. The Balaban J connectivity index is 1.78. The van der Waals surface area contributed by atoms with Crippen molar-refractivity contribution in [3.63, 3.8) is 0 Å². The van der Waals surface area contributed by atoms with Gasteiger partial charge in [-0.1, -0.05) is 35.1 Å². The van der Waals surface area contributed by atoms with Gasteiger partial charge in [-0.2, -0.15) is 0 Å². The number of rotatable bonds is 6. The van der Waals surface area contributed by atoms with Crippen molar-refractivity contribution in [2.24, 2.45) is 0 Å². The number of carbonyl (C=O) groups excluding carboxylic acids is 1. The molecular formula is C22H19ClN2O4S2. The summed E-state index contributed by atoms with van der Waals surface area (Å²) in [4.78, 5) is 19.7. The van der Waals surface area contributed by atoms with E-state index in [0.717, 1.165) is 4.70 Å². The SMILES string of the molecule is CC(C)S(=O)(=O)c1cccc(C(=O)N(Cc2ccco2)c2nc3c(Cl)cccc3s2)c1. The number of thiazole rings is 1. The Kier molecular flexibility index (Phi) is 5.88. The predicted octanol–water partition coefficient (Wildman–Crippen LogP) is 5.57. The van der Waals surface area contributed by atoms with E-state index in [9.17, 15) is 13.2 Å². The summed E-state index contributed by atoms with van der Waals surface area (Å²) >= 11 is 7.60. The minimum absolute atomic E-state index is 0.110. The second-order valence-electron chi connectivity index (χ2n) is 7.18. The topological polar surface area (TPSA) is 80.5 Å². The van der Waals surface area contributed by atoms with Crippen LogP contribution in [0.25, 0.3) is 10.2 Å². The van der Waals surface area contributed by atoms with Crippen LogP contribution in [0.1, 0.15) is 30.0 Å². The first-order chi connectivity index (χ1) is 14.8. The highest BCUT2D eigenvalue weighted by Gasteiger charge is 2.26. The zero-order valence-electron chi connectivity index (χ0n) is 16.8. The number of halogens is 1. The highest BCUT2D eigenvalue weighted by atomic mass is 35.5. The van der Waals surface area contributed by atoms with Gasteiger partial charge in [-0.15, -0.1) is 0 Å². The second kappa shape index (κ2) is 8.45. The number of anilines is 1. The van der Waals surface area contributed by atoms with Crippen LogP contribution in [0.3, 0.4) is 0 Å². The average Bonchev–Trinajstić information content (AvgIpc) is 3.42. The molecule has 160 valence electrons. The molecule has 0 radical (unpaired) electrons. The quantitative estimate of drug-likeness (QED) is 0.365. The molecule has 0 aliphatic rings. The summed E-state index contributed by atoms with van der Waals surface area (Å²) in [5.41, 5.74) is 0.858. The van der Waals surface area contributed by atoms with Crippen LogP contribution in [0.4, 0.5) is 5.13 Å². The Morgan fingerprint density at radius 3 is 2.61 bits per heavy atom. The maximum Gasteiger partial charge on any atom is 0.260 e. The normalized spacial score (nSPS) is 11.9. The Morgan fingerprint density at radius 1 is 1.16 bits per heavy atom. The van der Waals surface area contributed by atoms with E-state index in [-0.39, 0.29) is 22.9 Å². The number of nitrogens with zero attached hydrogens (tertiary/aromatic N) is 2. The zero-order valence-corrected chi connectivity index (χ0v) is 19.2. The fourth-order valence-electron chi connectivity index (χ4n) is 3.04. The number of hydrogen-bond acceptors (Lipinski definition) is 6. The lowest BCUT2D eigenvalue weighted by atomic mass is 10.2. The van der Waals surface area contributed by atoms with E-state index in [1.54, 1.807) is 44.2 Å². The van der Waals surface area contributed by atoms with Crippen molar-refractivity contribution in [1.82, 2.24) is 4.98 Å². The molecule has 0 N–H and O–H groups in total. The molecule has 4 rings (SSSR count). The van der Waals surface area contributed by atoms with Gasteiger partial charge in [0.1, 0.15) is 11.3 Å². The lowest BCUT2D eigenvalue weighted by molar-refractivity contribution is 0.0983. The molecule has 0 fully saturated rings. The van der Waals surface area contributed by atoms with Crippen molar-refractivity contribution in [1.29, 1.82) is 0 Å². The molecule has 0 unspecified atom stereocenters. The molecule has 0 atom stereocenters. The molecular weight excluding hydrogens is 456 g/mol. The van der Waals surface area contributed by atoms with Crippen LogP contribution in [-0.4, -0.2) is 24.6 Å². The van der Waals surface area contributed by atoms with Crippen molar-refractivity contribution in [3.05, 3.63) is 77.2 Å². The molecule has 2 aromatic heterocycles. The van der Waals surface area contributed by atoms with E-state index in [0.29, 0.717) is 21.4 Å². The Hall–Kier alpha value is -2.68. The number of aromatic nitrogens is 1. The van der Waals surface area contributed by atoms with Gasteiger partial charge in [0, 0.05) is 5.56 Å². The van der Waals surface area contributed by atoms with Crippen molar-refractivity contribution >= 4 is 54.0 Å². The van der Waals surface area contributed by atoms with E-state index in [1.807, 2.05) is 12.1 Å². The summed E-state index contributed by atoms with van der Waals surface area (Å²) in [5.74, 6) is 0.192. The highest BCUT2D eigenvalue weighted by Crippen LogP contribution is 2.34. The van der Waals surface area contributed by atoms with Crippen molar-refractivity contribution in [3.8, 4) is 0 Å². The molecule has 0 saturated heterocycles. The van der Waals surface area contributed by atoms with Gasteiger partial charge < -0.3 is 4.42 Å². The maximum atomic E-state index is 13.5. The van der Waals surface area contributed by atoms with Gasteiger partial charge in [0.2, 0.25) is 0 Å². The van der Waals surface area contributed by atoms with Crippen molar-refractivity contribution in [2.45, 2.75) is 30.5 Å². The van der Waals surface area contributed by atoms with Crippen LogP contribution >= 0.6 is 22.9 Å². The van der Waals surface area contributed by atoms with Gasteiger partial charge in [-0.3, -0.25) is 9.69 Å². The van der Waals surface area contributed by atoms with E-state index in [1.165, 1.54) is 34.6 Å². The maximum absolute atomic E-state index is 13.5. The third kappa shape index (κ3) is 4.23. The fourth-order valence-corrected chi connectivity index (χ4v) is 5.40. The van der Waals surface area contributed by atoms with Gasteiger partial charge in [0.15, 0.2) is 15.0 Å². The first-order valence-corrected chi connectivity index (χ1v) is 12.2. The van der Waals surface area contributed by atoms with E-state index in [2.05, 4.69) is 4.98 Å². The smallest absolute Gasteiger partial charge is 0.260 e. The molecule has 31 heavy (non-hydrogen) atoms. The third-order valence-electron chi connectivity index (χ3n) is 4.76. The Morgan fingerprint density at radius 2 is 1.94 bits per heavy atom. The number of fused-ring (bicyclic) bond motifs is 1. The standard InChI is InChI=1S/C22H19ClN2O4S2/c1-14(2)31(27,28)17-8-3-6-15(12-17)21(26)25(13-16-7-5-11-29-16)22-24-20-18(23)9-4-10-19(20)30-22/h3-12,14H,13H2,1-2H3. The number of carbonyl (C=O) groups is 1. The van der Waals surface area contributed by atoms with Crippen LogP contribution in [0, 0.1) is 0 Å². The average molecular weight is 475 g/mol. The highest BCUT2D eigenvalue weighted by molar-refractivity contribution is 7.92. The summed E-state index contributed by atoms with van der Waals surface area (Å²) in [5, 5.41) is 0.348. The lowest BCUT2D eigenvalue weighted by Crippen LogP contribution is -2.30.